The van der Waals surface area contributed by atoms with Crippen molar-refractivity contribution in [1.82, 2.24) is 9.55 Å². The first-order chi connectivity index (χ1) is 11.0. The number of halogens is 1. The van der Waals surface area contributed by atoms with E-state index in [4.69, 9.17) is 0 Å². The Morgan fingerprint density at radius 3 is 3.00 bits per heavy atom. The number of amides is 1. The number of aryl methyl sites for hydroxylation is 2. The average Bonchev–Trinajstić information content (AvgIpc) is 2.99. The predicted octanol–water partition coefficient (Wildman–Crippen LogP) is 2.93. The van der Waals surface area contributed by atoms with E-state index in [9.17, 15) is 14.0 Å². The normalized spacial score (nSPS) is 10.9. The molecule has 0 aliphatic heterocycles. The molecule has 3 aromatic rings. The van der Waals surface area contributed by atoms with Crippen molar-refractivity contribution in [3.63, 3.8) is 0 Å². The topological polar surface area (TPSA) is 64.0 Å². The van der Waals surface area contributed by atoms with Gasteiger partial charge in [0.05, 0.1) is 11.7 Å². The molecule has 1 aromatic carbocycles. The minimum absolute atomic E-state index is 0.133. The van der Waals surface area contributed by atoms with Gasteiger partial charge < -0.3 is 5.32 Å². The van der Waals surface area contributed by atoms with Crippen molar-refractivity contribution >= 4 is 33.1 Å². The fraction of sp³-hybridized carbons (Fsp3) is 0.188. The molecule has 0 saturated heterocycles. The van der Waals surface area contributed by atoms with Gasteiger partial charge in [-0.05, 0) is 42.1 Å². The second-order valence-corrected chi connectivity index (χ2v) is 6.03. The van der Waals surface area contributed by atoms with Crippen molar-refractivity contribution in [2.75, 3.05) is 5.32 Å². The van der Waals surface area contributed by atoms with E-state index in [1.165, 1.54) is 40.4 Å². The van der Waals surface area contributed by atoms with Gasteiger partial charge in [-0.3, -0.25) is 14.2 Å². The van der Waals surface area contributed by atoms with Gasteiger partial charge in [0.2, 0.25) is 5.91 Å². The molecule has 1 N–H and O–H groups in total. The standard InChI is InChI=1S/C16H14FN3O2S/c1-10-8-11(17)2-3-13(10)19-14(21)4-6-20-9-18-15-12(16(20)22)5-7-23-15/h2-3,5,7-9H,4,6H2,1H3,(H,19,21). The SMILES string of the molecule is Cc1cc(F)ccc1NC(=O)CCn1cnc2sccc2c1=O. The summed E-state index contributed by atoms with van der Waals surface area (Å²) >= 11 is 1.40. The molecule has 2 aromatic heterocycles. The number of hydrogen-bond donors (Lipinski definition) is 1. The lowest BCUT2D eigenvalue weighted by atomic mass is 10.2. The second-order valence-electron chi connectivity index (χ2n) is 5.14. The number of thiophene rings is 1. The van der Waals surface area contributed by atoms with Crippen LogP contribution in [0, 0.1) is 12.7 Å². The highest BCUT2D eigenvalue weighted by molar-refractivity contribution is 7.16. The molecular formula is C16H14FN3O2S. The van der Waals surface area contributed by atoms with Gasteiger partial charge in [0.15, 0.2) is 0 Å². The lowest BCUT2D eigenvalue weighted by molar-refractivity contribution is -0.116. The molecule has 7 heteroatoms. The van der Waals surface area contributed by atoms with E-state index in [-0.39, 0.29) is 30.2 Å². The zero-order valence-corrected chi connectivity index (χ0v) is 13.2. The third-order valence-corrected chi connectivity index (χ3v) is 4.31. The summed E-state index contributed by atoms with van der Waals surface area (Å²) in [6.07, 6.45) is 1.59. The van der Waals surface area contributed by atoms with Crippen molar-refractivity contribution in [1.29, 1.82) is 0 Å². The van der Waals surface area contributed by atoms with E-state index in [0.717, 1.165) is 0 Å². The maximum atomic E-state index is 13.0. The number of rotatable bonds is 4. The summed E-state index contributed by atoms with van der Waals surface area (Å²) in [5, 5.41) is 5.10. The number of carbonyl (C=O) groups is 1. The molecule has 1 amide bonds. The number of benzene rings is 1. The van der Waals surface area contributed by atoms with Crippen molar-refractivity contribution in [2.24, 2.45) is 0 Å². The Labute approximate surface area is 135 Å². The molecule has 0 spiro atoms. The van der Waals surface area contributed by atoms with Gasteiger partial charge in [0.25, 0.3) is 5.56 Å². The number of nitrogens with zero attached hydrogens (tertiary/aromatic N) is 2. The van der Waals surface area contributed by atoms with Crippen LogP contribution in [-0.2, 0) is 11.3 Å². The number of fused-ring (bicyclic) bond motifs is 1. The van der Waals surface area contributed by atoms with Crippen LogP contribution in [0.3, 0.4) is 0 Å². The van der Waals surface area contributed by atoms with Gasteiger partial charge in [-0.15, -0.1) is 11.3 Å². The Morgan fingerprint density at radius 1 is 1.39 bits per heavy atom. The van der Waals surface area contributed by atoms with E-state index in [1.54, 1.807) is 13.0 Å². The molecule has 0 radical (unpaired) electrons. The molecule has 118 valence electrons. The molecule has 0 unspecified atom stereocenters. The highest BCUT2D eigenvalue weighted by Gasteiger charge is 2.09. The molecule has 23 heavy (non-hydrogen) atoms. The van der Waals surface area contributed by atoms with Crippen molar-refractivity contribution < 1.29 is 9.18 Å². The van der Waals surface area contributed by atoms with Crippen LogP contribution >= 0.6 is 11.3 Å². The van der Waals surface area contributed by atoms with Crippen molar-refractivity contribution in [3.8, 4) is 0 Å². The third-order valence-electron chi connectivity index (χ3n) is 3.49. The van der Waals surface area contributed by atoms with Crippen LogP contribution in [0.1, 0.15) is 12.0 Å². The Kier molecular flexibility index (Phi) is 4.20. The maximum absolute atomic E-state index is 13.0. The lowest BCUT2D eigenvalue weighted by Gasteiger charge is -2.09. The Bertz CT molecular complexity index is 932. The van der Waals surface area contributed by atoms with Crippen LogP contribution in [-0.4, -0.2) is 15.5 Å². The summed E-state index contributed by atoms with van der Waals surface area (Å²) in [6.45, 7) is 1.96. The zero-order chi connectivity index (χ0) is 16.4. The summed E-state index contributed by atoms with van der Waals surface area (Å²) in [4.78, 5) is 29.1. The highest BCUT2D eigenvalue weighted by atomic mass is 32.1. The van der Waals surface area contributed by atoms with Gasteiger partial charge in [0, 0.05) is 18.7 Å². The number of carbonyl (C=O) groups excluding carboxylic acids is 1. The Balaban J connectivity index is 1.68. The van der Waals surface area contributed by atoms with Gasteiger partial charge in [-0.25, -0.2) is 9.37 Å². The fourth-order valence-corrected chi connectivity index (χ4v) is 2.98. The molecule has 3 rings (SSSR count). The number of anilines is 1. The smallest absolute Gasteiger partial charge is 0.262 e. The van der Waals surface area contributed by atoms with Crippen LogP contribution in [0.2, 0.25) is 0 Å². The maximum Gasteiger partial charge on any atom is 0.262 e. The van der Waals surface area contributed by atoms with Gasteiger partial charge in [0.1, 0.15) is 10.6 Å². The predicted molar refractivity (Wildman–Crippen MR) is 88.3 cm³/mol. The summed E-state index contributed by atoms with van der Waals surface area (Å²) < 4.78 is 14.5. The summed E-state index contributed by atoms with van der Waals surface area (Å²) in [7, 11) is 0. The van der Waals surface area contributed by atoms with Crippen LogP contribution in [0.15, 0.2) is 40.8 Å². The molecule has 2 heterocycles. The van der Waals surface area contributed by atoms with Gasteiger partial charge >= 0.3 is 0 Å². The molecule has 0 aliphatic carbocycles. The van der Waals surface area contributed by atoms with Crippen molar-refractivity contribution in [2.45, 2.75) is 19.9 Å². The number of aromatic nitrogens is 2. The van der Waals surface area contributed by atoms with Gasteiger partial charge in [-0.2, -0.15) is 0 Å². The highest BCUT2D eigenvalue weighted by Crippen LogP contribution is 2.16. The number of hydrogen-bond acceptors (Lipinski definition) is 4. The lowest BCUT2D eigenvalue weighted by Crippen LogP contribution is -2.23. The quantitative estimate of drug-likeness (QED) is 0.799. The second kappa shape index (κ2) is 6.29. The largest absolute Gasteiger partial charge is 0.326 e. The van der Waals surface area contributed by atoms with Crippen LogP contribution in [0.4, 0.5) is 10.1 Å². The summed E-state index contributed by atoms with van der Waals surface area (Å²) in [5.41, 5.74) is 1.06. The summed E-state index contributed by atoms with van der Waals surface area (Å²) in [6, 6.07) is 5.90. The molecule has 5 nitrogen and oxygen atoms in total. The first-order valence-corrected chi connectivity index (χ1v) is 7.91. The minimum Gasteiger partial charge on any atom is -0.326 e. The molecule has 0 aliphatic rings. The van der Waals surface area contributed by atoms with E-state index >= 15 is 0 Å². The van der Waals surface area contributed by atoms with Crippen LogP contribution in [0.5, 0.6) is 0 Å². The molecular weight excluding hydrogens is 317 g/mol. The molecule has 0 saturated carbocycles. The average molecular weight is 331 g/mol. The first kappa shape index (κ1) is 15.4. The Morgan fingerprint density at radius 2 is 2.22 bits per heavy atom. The van der Waals surface area contributed by atoms with E-state index in [1.807, 2.05) is 5.38 Å². The zero-order valence-electron chi connectivity index (χ0n) is 12.4. The van der Waals surface area contributed by atoms with E-state index in [2.05, 4.69) is 10.3 Å². The van der Waals surface area contributed by atoms with E-state index in [0.29, 0.717) is 21.5 Å². The fourth-order valence-electron chi connectivity index (χ4n) is 2.25. The Hall–Kier alpha value is -2.54. The van der Waals surface area contributed by atoms with Crippen LogP contribution < -0.4 is 10.9 Å². The molecule has 0 bridgehead atoms. The summed E-state index contributed by atoms with van der Waals surface area (Å²) in [5.74, 6) is -0.584. The minimum atomic E-state index is -0.345. The van der Waals surface area contributed by atoms with Crippen molar-refractivity contribution in [3.05, 3.63) is 57.7 Å². The van der Waals surface area contributed by atoms with Crippen LogP contribution in [0.25, 0.3) is 10.2 Å². The third kappa shape index (κ3) is 3.29. The molecule has 0 atom stereocenters. The monoisotopic (exact) mass is 331 g/mol. The van der Waals surface area contributed by atoms with E-state index < -0.39 is 0 Å². The van der Waals surface area contributed by atoms with Gasteiger partial charge in [-0.1, -0.05) is 0 Å². The molecule has 0 fully saturated rings. The first-order valence-electron chi connectivity index (χ1n) is 7.03. The number of nitrogens with one attached hydrogen (secondary N) is 1.